The average Bonchev–Trinajstić information content (AvgIpc) is 3.17. The number of rotatable bonds is 10. The lowest BCUT2D eigenvalue weighted by atomic mass is 10.1. The number of ether oxygens (including phenoxy) is 2. The Kier molecular flexibility index (Phi) is 8.12. The van der Waals surface area contributed by atoms with Gasteiger partial charge in [0.05, 0.1) is 12.7 Å². The van der Waals surface area contributed by atoms with Crippen LogP contribution < -0.4 is 4.74 Å². The van der Waals surface area contributed by atoms with Gasteiger partial charge in [-0.2, -0.15) is 0 Å². The van der Waals surface area contributed by atoms with Gasteiger partial charge in [-0.15, -0.1) is 10.2 Å². The van der Waals surface area contributed by atoms with Crippen LogP contribution in [0, 0.1) is 5.92 Å². The molecule has 0 spiro atoms. The summed E-state index contributed by atoms with van der Waals surface area (Å²) in [6, 6.07) is 15.6. The van der Waals surface area contributed by atoms with Crippen molar-refractivity contribution in [1.82, 2.24) is 14.8 Å². The summed E-state index contributed by atoms with van der Waals surface area (Å²) in [7, 11) is 1.38. The lowest BCUT2D eigenvalue weighted by molar-refractivity contribution is 0.0600. The van der Waals surface area contributed by atoms with Crippen LogP contribution in [0.15, 0.2) is 53.7 Å². The van der Waals surface area contributed by atoms with Crippen molar-refractivity contribution in [3.63, 3.8) is 0 Å². The molecule has 0 aliphatic rings. The molecule has 0 fully saturated rings. The number of aromatic nitrogens is 3. The molecule has 0 atom stereocenters. The molecule has 164 valence electrons. The Morgan fingerprint density at radius 2 is 1.71 bits per heavy atom. The molecular formula is C24H29N3O3S. The van der Waals surface area contributed by atoms with Gasteiger partial charge in [0, 0.05) is 12.3 Å². The maximum Gasteiger partial charge on any atom is 0.337 e. The number of carbonyl (C=O) groups excluding carboxylic acids is 1. The molecule has 1 aromatic heterocycles. The van der Waals surface area contributed by atoms with E-state index in [-0.39, 0.29) is 5.97 Å². The van der Waals surface area contributed by atoms with Gasteiger partial charge in [0.15, 0.2) is 11.0 Å². The molecule has 0 aliphatic carbocycles. The van der Waals surface area contributed by atoms with E-state index in [1.54, 1.807) is 23.9 Å². The normalized spacial score (nSPS) is 11.0. The SMILES string of the molecule is CCc1ccc(OCc2nnc(SCc3ccc(C(=O)OC)cc3)n2CC(C)C)cc1. The van der Waals surface area contributed by atoms with Crippen molar-refractivity contribution in [1.29, 1.82) is 0 Å². The van der Waals surface area contributed by atoms with Gasteiger partial charge in [0.2, 0.25) is 0 Å². The van der Waals surface area contributed by atoms with E-state index in [2.05, 4.69) is 47.7 Å². The molecule has 31 heavy (non-hydrogen) atoms. The van der Waals surface area contributed by atoms with Crippen LogP contribution in [-0.4, -0.2) is 27.8 Å². The largest absolute Gasteiger partial charge is 0.486 e. The first kappa shape index (κ1) is 22.9. The van der Waals surface area contributed by atoms with Crippen LogP contribution in [0.5, 0.6) is 5.75 Å². The molecule has 0 aliphatic heterocycles. The van der Waals surface area contributed by atoms with E-state index in [0.717, 1.165) is 41.0 Å². The summed E-state index contributed by atoms with van der Waals surface area (Å²) in [6.07, 6.45) is 1.01. The fraction of sp³-hybridized carbons (Fsp3) is 0.375. The number of carbonyl (C=O) groups is 1. The number of hydrogen-bond donors (Lipinski definition) is 0. The third-order valence-electron chi connectivity index (χ3n) is 4.78. The molecule has 3 aromatic rings. The molecule has 7 heteroatoms. The number of benzene rings is 2. The molecule has 0 saturated carbocycles. The zero-order valence-electron chi connectivity index (χ0n) is 18.5. The Bertz CT molecular complexity index is 982. The van der Waals surface area contributed by atoms with E-state index in [0.29, 0.717) is 18.1 Å². The van der Waals surface area contributed by atoms with Crippen molar-refractivity contribution in [3.8, 4) is 5.75 Å². The van der Waals surface area contributed by atoms with Gasteiger partial charge in [-0.1, -0.05) is 56.8 Å². The van der Waals surface area contributed by atoms with Crippen LogP contribution in [0.1, 0.15) is 48.1 Å². The summed E-state index contributed by atoms with van der Waals surface area (Å²) in [6.45, 7) is 7.68. The first-order valence-electron chi connectivity index (χ1n) is 10.4. The van der Waals surface area contributed by atoms with Gasteiger partial charge < -0.3 is 14.0 Å². The summed E-state index contributed by atoms with van der Waals surface area (Å²) in [4.78, 5) is 11.6. The molecule has 3 rings (SSSR count). The van der Waals surface area contributed by atoms with E-state index in [4.69, 9.17) is 9.47 Å². The first-order chi connectivity index (χ1) is 15.0. The molecule has 0 unspecified atom stereocenters. The Hall–Kier alpha value is -2.80. The third-order valence-corrected chi connectivity index (χ3v) is 5.82. The Morgan fingerprint density at radius 3 is 2.32 bits per heavy atom. The summed E-state index contributed by atoms with van der Waals surface area (Å²) < 4.78 is 12.8. The van der Waals surface area contributed by atoms with Crippen LogP contribution in [0.4, 0.5) is 0 Å². The maximum atomic E-state index is 11.6. The smallest absolute Gasteiger partial charge is 0.337 e. The van der Waals surface area contributed by atoms with Crippen molar-refractivity contribution in [2.45, 2.75) is 51.3 Å². The summed E-state index contributed by atoms with van der Waals surface area (Å²) in [5, 5.41) is 9.66. The van der Waals surface area contributed by atoms with Crippen LogP contribution in [0.25, 0.3) is 0 Å². The highest BCUT2D eigenvalue weighted by Gasteiger charge is 2.15. The Balaban J connectivity index is 1.67. The Morgan fingerprint density at radius 1 is 1.03 bits per heavy atom. The first-order valence-corrected chi connectivity index (χ1v) is 11.4. The minimum Gasteiger partial charge on any atom is -0.486 e. The molecule has 0 N–H and O–H groups in total. The van der Waals surface area contributed by atoms with Crippen LogP contribution in [0.3, 0.4) is 0 Å². The highest BCUT2D eigenvalue weighted by molar-refractivity contribution is 7.98. The second kappa shape index (κ2) is 11.0. The molecule has 1 heterocycles. The lowest BCUT2D eigenvalue weighted by Gasteiger charge is -2.13. The van der Waals surface area contributed by atoms with Crippen LogP contribution in [-0.2, 0) is 30.1 Å². The third kappa shape index (κ3) is 6.34. The van der Waals surface area contributed by atoms with Crippen molar-refractivity contribution in [2.24, 2.45) is 5.92 Å². The molecule has 6 nitrogen and oxygen atoms in total. The minimum absolute atomic E-state index is 0.329. The van der Waals surface area contributed by atoms with Crippen molar-refractivity contribution >= 4 is 17.7 Å². The predicted octanol–water partition coefficient (Wildman–Crippen LogP) is 5.15. The van der Waals surface area contributed by atoms with Gasteiger partial charge in [0.1, 0.15) is 12.4 Å². The average molecular weight is 440 g/mol. The number of thioether (sulfide) groups is 1. The summed E-state index contributed by atoms with van der Waals surface area (Å²) in [5.74, 6) is 2.51. The number of methoxy groups -OCH3 is 1. The van der Waals surface area contributed by atoms with Gasteiger partial charge in [-0.25, -0.2) is 4.79 Å². The zero-order chi connectivity index (χ0) is 22.2. The van der Waals surface area contributed by atoms with E-state index >= 15 is 0 Å². The van der Waals surface area contributed by atoms with E-state index in [1.165, 1.54) is 12.7 Å². The number of esters is 1. The predicted molar refractivity (Wildman–Crippen MR) is 122 cm³/mol. The summed E-state index contributed by atoms with van der Waals surface area (Å²) >= 11 is 1.63. The van der Waals surface area contributed by atoms with E-state index < -0.39 is 0 Å². The van der Waals surface area contributed by atoms with Gasteiger partial charge in [0.25, 0.3) is 0 Å². The van der Waals surface area contributed by atoms with Gasteiger partial charge in [-0.05, 0) is 47.7 Å². The number of hydrogen-bond acceptors (Lipinski definition) is 6. The standard InChI is InChI=1S/C24H29N3O3S/c1-5-18-8-12-21(13-9-18)30-15-22-25-26-24(27(22)14-17(2)3)31-16-19-6-10-20(11-7-19)23(28)29-4/h6-13,17H,5,14-16H2,1-4H3. The fourth-order valence-corrected chi connectivity index (χ4v) is 3.98. The molecule has 0 radical (unpaired) electrons. The summed E-state index contributed by atoms with van der Waals surface area (Å²) in [5.41, 5.74) is 2.94. The fourth-order valence-electron chi connectivity index (χ4n) is 3.05. The monoisotopic (exact) mass is 439 g/mol. The minimum atomic E-state index is -0.329. The van der Waals surface area contributed by atoms with E-state index in [1.807, 2.05) is 24.3 Å². The zero-order valence-corrected chi connectivity index (χ0v) is 19.3. The van der Waals surface area contributed by atoms with Crippen LogP contribution in [0.2, 0.25) is 0 Å². The number of aryl methyl sites for hydroxylation is 1. The molecule has 0 amide bonds. The van der Waals surface area contributed by atoms with Crippen molar-refractivity contribution in [3.05, 3.63) is 71.0 Å². The Labute approximate surface area is 188 Å². The highest BCUT2D eigenvalue weighted by atomic mass is 32.2. The van der Waals surface area contributed by atoms with Crippen LogP contribution >= 0.6 is 11.8 Å². The topological polar surface area (TPSA) is 66.2 Å². The lowest BCUT2D eigenvalue weighted by Crippen LogP contribution is -2.12. The highest BCUT2D eigenvalue weighted by Crippen LogP contribution is 2.24. The van der Waals surface area contributed by atoms with Crippen molar-refractivity contribution < 1.29 is 14.3 Å². The van der Waals surface area contributed by atoms with E-state index in [9.17, 15) is 4.79 Å². The molecule has 2 aromatic carbocycles. The quantitative estimate of drug-likeness (QED) is 0.321. The second-order valence-electron chi connectivity index (χ2n) is 7.67. The molecular weight excluding hydrogens is 410 g/mol. The van der Waals surface area contributed by atoms with Gasteiger partial charge in [-0.3, -0.25) is 0 Å². The molecule has 0 saturated heterocycles. The maximum absolute atomic E-state index is 11.6. The van der Waals surface area contributed by atoms with Crippen molar-refractivity contribution in [2.75, 3.05) is 7.11 Å². The molecule has 0 bridgehead atoms. The van der Waals surface area contributed by atoms with Gasteiger partial charge >= 0.3 is 5.97 Å². The number of nitrogens with zero attached hydrogens (tertiary/aromatic N) is 3. The second-order valence-corrected chi connectivity index (χ2v) is 8.61.